The number of aromatic nitrogens is 3. The molecule has 0 saturated heterocycles. The fourth-order valence-corrected chi connectivity index (χ4v) is 2.34. The van der Waals surface area contributed by atoms with Crippen LogP contribution in [0, 0.1) is 0 Å². The van der Waals surface area contributed by atoms with Gasteiger partial charge in [0.1, 0.15) is 11.0 Å². The number of hydrogen-bond donors (Lipinski definition) is 1. The van der Waals surface area contributed by atoms with Crippen LogP contribution >= 0.6 is 15.9 Å². The van der Waals surface area contributed by atoms with Crippen molar-refractivity contribution >= 4 is 27.4 Å². The van der Waals surface area contributed by atoms with Gasteiger partial charge in [-0.25, -0.2) is 4.68 Å². The largest absolute Gasteiger partial charge is 0.386 e. The molecule has 0 aliphatic carbocycles. The Hall–Kier alpha value is -2.02. The minimum atomic E-state index is -0.320. The second-order valence-electron chi connectivity index (χ2n) is 4.48. The van der Waals surface area contributed by atoms with Crippen molar-refractivity contribution in [3.8, 4) is 0 Å². The Morgan fingerprint density at radius 2 is 2.10 bits per heavy atom. The molecule has 0 aliphatic heterocycles. The van der Waals surface area contributed by atoms with Crippen molar-refractivity contribution in [3.05, 3.63) is 51.1 Å². The van der Waals surface area contributed by atoms with Crippen molar-refractivity contribution in [1.82, 2.24) is 14.8 Å². The van der Waals surface area contributed by atoms with Crippen LogP contribution in [0.4, 0.5) is 5.69 Å². The predicted octanol–water partition coefficient (Wildman–Crippen LogP) is 1.64. The van der Waals surface area contributed by atoms with Gasteiger partial charge in [0.05, 0.1) is 11.9 Å². The average Bonchev–Trinajstić information content (AvgIpc) is 2.51. The lowest BCUT2D eigenvalue weighted by atomic mass is 10.1. The molecule has 2 aromatic rings. The van der Waals surface area contributed by atoms with Gasteiger partial charge in [0.25, 0.3) is 5.56 Å². The van der Waals surface area contributed by atoms with Crippen LogP contribution in [0.1, 0.15) is 12.0 Å². The van der Waals surface area contributed by atoms with Crippen molar-refractivity contribution < 1.29 is 4.79 Å². The molecule has 0 aromatic carbocycles. The van der Waals surface area contributed by atoms with Crippen LogP contribution in [0.2, 0.25) is 0 Å². The molecular weight excluding hydrogens is 336 g/mol. The number of halogens is 1. The number of aryl methyl sites for hydroxylation is 1. The van der Waals surface area contributed by atoms with Crippen molar-refractivity contribution in [1.29, 1.82) is 0 Å². The van der Waals surface area contributed by atoms with Crippen molar-refractivity contribution in [2.45, 2.75) is 19.4 Å². The van der Waals surface area contributed by atoms with E-state index in [2.05, 4.69) is 31.3 Å². The van der Waals surface area contributed by atoms with Crippen LogP contribution in [-0.2, 0) is 17.8 Å². The van der Waals surface area contributed by atoms with Gasteiger partial charge in [-0.3, -0.25) is 14.6 Å². The van der Waals surface area contributed by atoms with E-state index in [1.54, 1.807) is 19.4 Å². The highest BCUT2D eigenvalue weighted by molar-refractivity contribution is 9.10. The second kappa shape index (κ2) is 7.12. The molecule has 1 N–H and O–H groups in total. The molecule has 0 bridgehead atoms. The fourth-order valence-electron chi connectivity index (χ4n) is 1.83. The Bertz CT molecular complexity index is 685. The number of anilines is 1. The van der Waals surface area contributed by atoms with Gasteiger partial charge in [-0.2, -0.15) is 5.10 Å². The smallest absolute Gasteiger partial charge is 0.283 e. The summed E-state index contributed by atoms with van der Waals surface area (Å²) in [7, 11) is 1.70. The van der Waals surface area contributed by atoms with E-state index in [9.17, 15) is 9.59 Å². The summed E-state index contributed by atoms with van der Waals surface area (Å²) in [4.78, 5) is 27.9. The third kappa shape index (κ3) is 3.98. The topological polar surface area (TPSA) is 76.9 Å². The average molecular weight is 351 g/mol. The molecule has 0 amide bonds. The third-order valence-corrected chi connectivity index (χ3v) is 3.79. The van der Waals surface area contributed by atoms with E-state index in [1.165, 1.54) is 10.9 Å². The Balaban J connectivity index is 2.00. The molecule has 2 rings (SSSR count). The first kappa shape index (κ1) is 15.4. The highest BCUT2D eigenvalue weighted by Gasteiger charge is 2.11. The number of pyridine rings is 1. The van der Waals surface area contributed by atoms with Gasteiger partial charge < -0.3 is 5.32 Å². The van der Waals surface area contributed by atoms with Crippen LogP contribution in [0.3, 0.4) is 0 Å². The summed E-state index contributed by atoms with van der Waals surface area (Å²) in [6.45, 7) is -0.0213. The van der Waals surface area contributed by atoms with Gasteiger partial charge >= 0.3 is 0 Å². The van der Waals surface area contributed by atoms with Crippen LogP contribution < -0.4 is 10.9 Å². The summed E-state index contributed by atoms with van der Waals surface area (Å²) < 4.78 is 1.54. The molecule has 2 heterocycles. The third-order valence-electron chi connectivity index (χ3n) is 3.02. The van der Waals surface area contributed by atoms with E-state index in [0.717, 1.165) is 5.56 Å². The first-order chi connectivity index (χ1) is 10.1. The summed E-state index contributed by atoms with van der Waals surface area (Å²) in [6, 6.07) is 3.74. The number of rotatable bonds is 6. The molecule has 0 atom stereocenters. The second-order valence-corrected chi connectivity index (χ2v) is 5.27. The number of nitrogens with zero attached hydrogens (tertiary/aromatic N) is 3. The zero-order valence-corrected chi connectivity index (χ0v) is 13.1. The fraction of sp³-hybridized carbons (Fsp3) is 0.286. The highest BCUT2D eigenvalue weighted by atomic mass is 79.9. The highest BCUT2D eigenvalue weighted by Crippen LogP contribution is 2.14. The van der Waals surface area contributed by atoms with Crippen molar-refractivity contribution in [2.24, 2.45) is 0 Å². The number of nitrogens with one attached hydrogen (secondary N) is 1. The number of carbonyl (C=O) groups is 1. The van der Waals surface area contributed by atoms with E-state index in [0.29, 0.717) is 23.0 Å². The minimum absolute atomic E-state index is 0.0213. The van der Waals surface area contributed by atoms with Gasteiger partial charge in [0, 0.05) is 25.9 Å². The molecule has 6 nitrogen and oxygen atoms in total. The molecule has 0 spiro atoms. The maximum absolute atomic E-state index is 12.0. The molecule has 0 saturated carbocycles. The minimum Gasteiger partial charge on any atom is -0.386 e. The molecule has 0 fully saturated rings. The zero-order chi connectivity index (χ0) is 15.2. The number of hydrogen-bond acceptors (Lipinski definition) is 5. The summed E-state index contributed by atoms with van der Waals surface area (Å²) in [5.41, 5.74) is 1.32. The number of ketones is 1. The van der Waals surface area contributed by atoms with Gasteiger partial charge in [0.2, 0.25) is 0 Å². The van der Waals surface area contributed by atoms with Gasteiger partial charge in [-0.1, -0.05) is 0 Å². The summed E-state index contributed by atoms with van der Waals surface area (Å²) >= 11 is 3.20. The van der Waals surface area contributed by atoms with Crippen molar-refractivity contribution in [3.63, 3.8) is 0 Å². The standard InChI is InChI=1S/C14H15BrN4O2/c1-16-12-8-18-19(14(21)13(12)15)9-11(20)3-2-10-4-6-17-7-5-10/h4-8,16H,2-3,9H2,1H3. The van der Waals surface area contributed by atoms with E-state index in [-0.39, 0.29) is 17.9 Å². The maximum Gasteiger partial charge on any atom is 0.283 e. The maximum atomic E-state index is 12.0. The molecule has 2 aromatic heterocycles. The first-order valence-corrected chi connectivity index (χ1v) is 7.25. The number of Topliss-reactive ketones (excluding diaryl/α,β-unsaturated/α-hetero) is 1. The molecule has 0 unspecified atom stereocenters. The molecule has 0 radical (unpaired) electrons. The Labute approximate surface area is 130 Å². The summed E-state index contributed by atoms with van der Waals surface area (Å²) in [5.74, 6) is -0.0366. The lowest BCUT2D eigenvalue weighted by molar-refractivity contribution is -0.119. The predicted molar refractivity (Wildman–Crippen MR) is 83.3 cm³/mol. The molecule has 110 valence electrons. The van der Waals surface area contributed by atoms with Crippen LogP contribution in [0.25, 0.3) is 0 Å². The molecule has 7 heteroatoms. The van der Waals surface area contributed by atoms with E-state index in [1.807, 2.05) is 12.1 Å². The quantitative estimate of drug-likeness (QED) is 0.856. The molecule has 0 aliphatic rings. The molecule has 21 heavy (non-hydrogen) atoms. The zero-order valence-electron chi connectivity index (χ0n) is 11.5. The number of carbonyl (C=O) groups excluding carboxylic acids is 1. The van der Waals surface area contributed by atoms with E-state index in [4.69, 9.17) is 0 Å². The van der Waals surface area contributed by atoms with Crippen LogP contribution in [-0.4, -0.2) is 27.6 Å². The van der Waals surface area contributed by atoms with Gasteiger partial charge in [-0.15, -0.1) is 0 Å². The Morgan fingerprint density at radius 3 is 2.76 bits per heavy atom. The lowest BCUT2D eigenvalue weighted by Crippen LogP contribution is -2.27. The van der Waals surface area contributed by atoms with Gasteiger partial charge in [0.15, 0.2) is 5.78 Å². The van der Waals surface area contributed by atoms with Gasteiger partial charge in [-0.05, 0) is 40.0 Å². The SMILES string of the molecule is CNc1cnn(CC(=O)CCc2ccncc2)c(=O)c1Br. The van der Waals surface area contributed by atoms with Crippen molar-refractivity contribution in [2.75, 3.05) is 12.4 Å². The Morgan fingerprint density at radius 1 is 1.38 bits per heavy atom. The lowest BCUT2D eigenvalue weighted by Gasteiger charge is -2.07. The van der Waals surface area contributed by atoms with Crippen LogP contribution in [0.5, 0.6) is 0 Å². The molecular formula is C14H15BrN4O2. The summed E-state index contributed by atoms with van der Waals surface area (Å²) in [6.07, 6.45) is 5.90. The normalized spacial score (nSPS) is 10.4. The summed E-state index contributed by atoms with van der Waals surface area (Å²) in [5, 5.41) is 6.84. The van der Waals surface area contributed by atoms with E-state index >= 15 is 0 Å². The first-order valence-electron chi connectivity index (χ1n) is 6.46. The Kier molecular flexibility index (Phi) is 5.21. The van der Waals surface area contributed by atoms with E-state index < -0.39 is 0 Å². The monoisotopic (exact) mass is 350 g/mol. The van der Waals surface area contributed by atoms with Crippen LogP contribution in [0.15, 0.2) is 40.0 Å².